The van der Waals surface area contributed by atoms with Crippen LogP contribution in [0.3, 0.4) is 0 Å². The fourth-order valence-electron chi connectivity index (χ4n) is 12.6. The van der Waals surface area contributed by atoms with Crippen molar-refractivity contribution in [1.82, 2.24) is 0 Å². The van der Waals surface area contributed by atoms with Crippen molar-refractivity contribution in [2.24, 2.45) is 23.7 Å². The van der Waals surface area contributed by atoms with Crippen molar-refractivity contribution in [2.45, 2.75) is 88.9 Å². The van der Waals surface area contributed by atoms with Crippen LogP contribution in [0, 0.1) is 23.7 Å². The molecule has 12 rings (SSSR count). The van der Waals surface area contributed by atoms with E-state index in [0.29, 0.717) is 11.8 Å². The van der Waals surface area contributed by atoms with E-state index in [4.69, 9.17) is 4.74 Å². The summed E-state index contributed by atoms with van der Waals surface area (Å²) in [6.07, 6.45) is 9.23. The van der Waals surface area contributed by atoms with Gasteiger partial charge in [-0.05, 0) is 150 Å². The number of rotatable bonds is 5. The quantitative estimate of drug-likeness (QED) is 0.175. The standard InChI is InChI=1S/C54H53NO/c1-52(2)26-27-53(3,4)47-33-39(20-24-45(47)52)37-18-21-42(22-19-37)55(49-16-10-8-14-44(49)38-12-6-5-7-13-38)43-23-25-51-48(34-43)54(46-15-9-11-17-50(46)56-51)40-29-35-28-36(31-40)32-41(54)30-35/h5-25,33-36,40-41H,26-32H2,1-4H3. The lowest BCUT2D eigenvalue weighted by Gasteiger charge is -2.63. The maximum atomic E-state index is 6.86. The Balaban J connectivity index is 1.07. The Bertz CT molecular complexity index is 2440. The molecule has 0 N–H and O–H groups in total. The highest BCUT2D eigenvalue weighted by atomic mass is 16.5. The fraction of sp³-hybridized carbons (Fsp3) is 0.333. The smallest absolute Gasteiger partial charge is 0.131 e. The largest absolute Gasteiger partial charge is 0.457 e. The van der Waals surface area contributed by atoms with Crippen molar-refractivity contribution in [3.8, 4) is 33.8 Å². The number of nitrogens with zero attached hydrogens (tertiary/aromatic N) is 1. The Hall–Kier alpha value is -5.08. The number of para-hydroxylation sites is 2. The van der Waals surface area contributed by atoms with Crippen LogP contribution in [0.2, 0.25) is 0 Å². The van der Waals surface area contributed by atoms with Crippen LogP contribution in [0.15, 0.2) is 140 Å². The van der Waals surface area contributed by atoms with Crippen LogP contribution < -0.4 is 9.64 Å². The Kier molecular flexibility index (Phi) is 7.61. The lowest BCUT2D eigenvalue weighted by molar-refractivity contribution is -0.0452. The Labute approximate surface area is 333 Å². The minimum Gasteiger partial charge on any atom is -0.457 e. The lowest BCUT2D eigenvalue weighted by Crippen LogP contribution is -2.57. The second-order valence-electron chi connectivity index (χ2n) is 19.2. The van der Waals surface area contributed by atoms with Crippen LogP contribution in [0.4, 0.5) is 17.1 Å². The Morgan fingerprint density at radius 3 is 1.82 bits per heavy atom. The highest BCUT2D eigenvalue weighted by molar-refractivity contribution is 5.89. The van der Waals surface area contributed by atoms with Crippen LogP contribution in [-0.2, 0) is 16.2 Å². The maximum Gasteiger partial charge on any atom is 0.131 e. The van der Waals surface area contributed by atoms with Gasteiger partial charge >= 0.3 is 0 Å². The molecule has 0 amide bonds. The molecule has 1 spiro atoms. The summed E-state index contributed by atoms with van der Waals surface area (Å²) in [6, 6.07) is 52.6. The molecule has 0 atom stereocenters. The molecule has 1 heterocycles. The molecule has 4 saturated carbocycles. The number of hydrogen-bond donors (Lipinski definition) is 0. The molecule has 5 aliphatic carbocycles. The van der Waals surface area contributed by atoms with E-state index in [0.717, 1.165) is 29.0 Å². The molecule has 0 radical (unpaired) electrons. The van der Waals surface area contributed by atoms with E-state index in [2.05, 4.69) is 172 Å². The number of anilines is 3. The second-order valence-corrected chi connectivity index (χ2v) is 19.2. The van der Waals surface area contributed by atoms with Crippen LogP contribution in [0.5, 0.6) is 11.5 Å². The van der Waals surface area contributed by atoms with Crippen LogP contribution in [0.1, 0.15) is 94.9 Å². The summed E-state index contributed by atoms with van der Waals surface area (Å²) in [5.74, 6) is 5.17. The van der Waals surface area contributed by atoms with E-state index in [1.165, 1.54) is 101 Å². The fourth-order valence-corrected chi connectivity index (χ4v) is 12.6. The number of fused-ring (bicyclic) bond motifs is 3. The first-order valence-electron chi connectivity index (χ1n) is 21.3. The average Bonchev–Trinajstić information content (AvgIpc) is 3.22. The van der Waals surface area contributed by atoms with E-state index in [-0.39, 0.29) is 16.2 Å². The van der Waals surface area contributed by atoms with Gasteiger partial charge in [0.2, 0.25) is 0 Å². The van der Waals surface area contributed by atoms with Gasteiger partial charge in [0.1, 0.15) is 11.5 Å². The number of ether oxygens (including phenoxy) is 1. The first kappa shape index (κ1) is 34.2. The predicted octanol–water partition coefficient (Wildman–Crippen LogP) is 14.7. The molecule has 56 heavy (non-hydrogen) atoms. The third-order valence-corrected chi connectivity index (χ3v) is 15.2. The Morgan fingerprint density at radius 2 is 1.07 bits per heavy atom. The summed E-state index contributed by atoms with van der Waals surface area (Å²) in [6.45, 7) is 9.67. The minimum absolute atomic E-state index is 0.0170. The van der Waals surface area contributed by atoms with Gasteiger partial charge in [-0.3, -0.25) is 0 Å². The third kappa shape index (κ3) is 5.13. The summed E-state index contributed by atoms with van der Waals surface area (Å²) in [5.41, 5.74) is 14.7. The Morgan fingerprint density at radius 1 is 0.464 bits per heavy atom. The average molecular weight is 732 g/mol. The van der Waals surface area contributed by atoms with E-state index in [1.54, 1.807) is 0 Å². The van der Waals surface area contributed by atoms with Gasteiger partial charge in [0.25, 0.3) is 0 Å². The molecular formula is C54H53NO. The summed E-state index contributed by atoms with van der Waals surface area (Å²) in [7, 11) is 0. The molecule has 1 aliphatic heterocycles. The zero-order valence-corrected chi connectivity index (χ0v) is 33.4. The van der Waals surface area contributed by atoms with E-state index < -0.39 is 0 Å². The lowest BCUT2D eigenvalue weighted by atomic mass is 9.42. The molecule has 6 aromatic carbocycles. The minimum atomic E-state index is -0.0170. The van der Waals surface area contributed by atoms with Crippen molar-refractivity contribution < 1.29 is 4.74 Å². The normalized spacial score (nSPS) is 25.9. The van der Waals surface area contributed by atoms with Crippen molar-refractivity contribution in [3.63, 3.8) is 0 Å². The van der Waals surface area contributed by atoms with Crippen molar-refractivity contribution in [3.05, 3.63) is 162 Å². The van der Waals surface area contributed by atoms with Crippen molar-refractivity contribution >= 4 is 17.1 Å². The maximum absolute atomic E-state index is 6.86. The van der Waals surface area contributed by atoms with Crippen molar-refractivity contribution in [2.75, 3.05) is 4.90 Å². The first-order valence-corrected chi connectivity index (χ1v) is 21.3. The first-order chi connectivity index (χ1) is 27.2. The van der Waals surface area contributed by atoms with Crippen LogP contribution in [0.25, 0.3) is 22.3 Å². The highest BCUT2D eigenvalue weighted by Crippen LogP contribution is 2.69. The molecule has 0 unspecified atom stereocenters. The van der Waals surface area contributed by atoms with Gasteiger partial charge in [0.15, 0.2) is 0 Å². The van der Waals surface area contributed by atoms with Gasteiger partial charge in [0, 0.05) is 33.5 Å². The van der Waals surface area contributed by atoms with Gasteiger partial charge in [-0.15, -0.1) is 0 Å². The van der Waals surface area contributed by atoms with Crippen LogP contribution >= 0.6 is 0 Å². The SMILES string of the molecule is CC1(C)CCC(C)(C)c2cc(-c3ccc(N(c4ccc5c(c4)C4(c6ccccc6O5)C5CC6CC(C5)CC4C6)c4ccccc4-c4ccccc4)cc3)ccc21. The molecule has 4 fully saturated rings. The monoisotopic (exact) mass is 731 g/mol. The molecular weight excluding hydrogens is 679 g/mol. The summed E-state index contributed by atoms with van der Waals surface area (Å²) >= 11 is 0. The molecule has 2 nitrogen and oxygen atoms in total. The van der Waals surface area contributed by atoms with Gasteiger partial charge in [-0.1, -0.05) is 125 Å². The zero-order chi connectivity index (χ0) is 37.8. The molecule has 6 aromatic rings. The van der Waals surface area contributed by atoms with E-state index >= 15 is 0 Å². The molecule has 0 aromatic heterocycles. The van der Waals surface area contributed by atoms with Gasteiger partial charge in [-0.2, -0.15) is 0 Å². The molecule has 0 saturated heterocycles. The predicted molar refractivity (Wildman–Crippen MR) is 232 cm³/mol. The van der Waals surface area contributed by atoms with Gasteiger partial charge < -0.3 is 9.64 Å². The third-order valence-electron chi connectivity index (χ3n) is 15.2. The van der Waals surface area contributed by atoms with Gasteiger partial charge in [0.05, 0.1) is 5.69 Å². The highest BCUT2D eigenvalue weighted by Gasteiger charge is 2.61. The van der Waals surface area contributed by atoms with Gasteiger partial charge in [-0.25, -0.2) is 0 Å². The summed E-state index contributed by atoms with van der Waals surface area (Å²) in [5, 5.41) is 0. The summed E-state index contributed by atoms with van der Waals surface area (Å²) in [4.78, 5) is 2.51. The second kappa shape index (κ2) is 12.5. The van der Waals surface area contributed by atoms with E-state index in [9.17, 15) is 0 Å². The number of hydrogen-bond acceptors (Lipinski definition) is 2. The zero-order valence-electron chi connectivity index (χ0n) is 33.4. The molecule has 280 valence electrons. The topological polar surface area (TPSA) is 12.5 Å². The molecule has 2 heteroatoms. The van der Waals surface area contributed by atoms with E-state index in [1.807, 2.05) is 0 Å². The number of benzene rings is 6. The molecule has 6 aliphatic rings. The van der Waals surface area contributed by atoms with Crippen molar-refractivity contribution in [1.29, 1.82) is 0 Å². The molecule has 4 bridgehead atoms. The summed E-state index contributed by atoms with van der Waals surface area (Å²) < 4.78 is 6.86. The van der Waals surface area contributed by atoms with Crippen LogP contribution in [-0.4, -0.2) is 0 Å².